The van der Waals surface area contributed by atoms with Gasteiger partial charge in [0, 0.05) is 17.6 Å². The fourth-order valence-electron chi connectivity index (χ4n) is 2.41. The fraction of sp³-hybridized carbons (Fsp3) is 0.167. The molecule has 21 heavy (non-hydrogen) atoms. The summed E-state index contributed by atoms with van der Waals surface area (Å²) in [6, 6.07) is 16.0. The standard InChI is InChI=1S/C18H18N2O/c1-13-11-16(6-4-14(13)8-9-19)21-17-7-5-15-3-2-10-20-18(15)12-17/h2-7,10-12H,8-9,19H2,1H3. The molecule has 3 heteroatoms. The number of aryl methyl sites for hydroxylation is 1. The van der Waals surface area contributed by atoms with E-state index in [9.17, 15) is 0 Å². The average molecular weight is 278 g/mol. The SMILES string of the molecule is Cc1cc(Oc2ccc3cccnc3c2)ccc1CCN. The smallest absolute Gasteiger partial charge is 0.129 e. The van der Waals surface area contributed by atoms with E-state index in [0.29, 0.717) is 6.54 Å². The van der Waals surface area contributed by atoms with Gasteiger partial charge in [-0.05, 0) is 61.3 Å². The maximum Gasteiger partial charge on any atom is 0.129 e. The monoisotopic (exact) mass is 278 g/mol. The molecule has 0 radical (unpaired) electrons. The van der Waals surface area contributed by atoms with Crippen LogP contribution in [0.25, 0.3) is 10.9 Å². The van der Waals surface area contributed by atoms with E-state index < -0.39 is 0 Å². The van der Waals surface area contributed by atoms with Gasteiger partial charge in [0.25, 0.3) is 0 Å². The molecular formula is C18H18N2O. The van der Waals surface area contributed by atoms with Crippen LogP contribution in [0, 0.1) is 6.92 Å². The number of nitrogens with two attached hydrogens (primary N) is 1. The summed E-state index contributed by atoms with van der Waals surface area (Å²) < 4.78 is 5.93. The average Bonchev–Trinajstić information content (AvgIpc) is 2.50. The zero-order valence-corrected chi connectivity index (χ0v) is 12.0. The van der Waals surface area contributed by atoms with Crippen molar-refractivity contribution in [1.82, 2.24) is 4.98 Å². The number of fused-ring (bicyclic) bond motifs is 1. The molecule has 0 aliphatic rings. The minimum Gasteiger partial charge on any atom is -0.457 e. The van der Waals surface area contributed by atoms with E-state index in [1.165, 1.54) is 11.1 Å². The maximum absolute atomic E-state index is 5.93. The lowest BCUT2D eigenvalue weighted by Gasteiger charge is -2.10. The second kappa shape index (κ2) is 5.94. The highest BCUT2D eigenvalue weighted by atomic mass is 16.5. The number of hydrogen-bond donors (Lipinski definition) is 1. The summed E-state index contributed by atoms with van der Waals surface area (Å²) in [5.41, 5.74) is 9.02. The molecule has 2 N–H and O–H groups in total. The third kappa shape index (κ3) is 3.03. The molecule has 3 aromatic rings. The number of nitrogens with zero attached hydrogens (tertiary/aromatic N) is 1. The van der Waals surface area contributed by atoms with Crippen LogP contribution in [0.3, 0.4) is 0 Å². The highest BCUT2D eigenvalue weighted by Gasteiger charge is 2.03. The van der Waals surface area contributed by atoms with Crippen molar-refractivity contribution in [3.05, 3.63) is 65.9 Å². The molecule has 0 atom stereocenters. The summed E-state index contributed by atoms with van der Waals surface area (Å²) in [7, 11) is 0. The molecule has 106 valence electrons. The molecule has 0 aliphatic heterocycles. The quantitative estimate of drug-likeness (QED) is 0.789. The van der Waals surface area contributed by atoms with Gasteiger partial charge in [-0.3, -0.25) is 4.98 Å². The molecule has 1 aromatic heterocycles. The molecular weight excluding hydrogens is 260 g/mol. The van der Waals surface area contributed by atoms with E-state index in [1.807, 2.05) is 42.5 Å². The van der Waals surface area contributed by atoms with Crippen molar-refractivity contribution in [2.45, 2.75) is 13.3 Å². The van der Waals surface area contributed by atoms with Crippen LogP contribution in [0.4, 0.5) is 0 Å². The zero-order chi connectivity index (χ0) is 14.7. The van der Waals surface area contributed by atoms with Crippen LogP contribution in [0.5, 0.6) is 11.5 Å². The number of aromatic nitrogens is 1. The molecule has 3 nitrogen and oxygen atoms in total. The van der Waals surface area contributed by atoms with E-state index in [4.69, 9.17) is 10.5 Å². The maximum atomic E-state index is 5.93. The van der Waals surface area contributed by atoms with Gasteiger partial charge in [-0.2, -0.15) is 0 Å². The topological polar surface area (TPSA) is 48.1 Å². The van der Waals surface area contributed by atoms with Crippen LogP contribution in [0.15, 0.2) is 54.7 Å². The first kappa shape index (κ1) is 13.6. The molecule has 0 spiro atoms. The Morgan fingerprint density at radius 2 is 1.86 bits per heavy atom. The van der Waals surface area contributed by atoms with Crippen molar-refractivity contribution in [3.8, 4) is 11.5 Å². The second-order valence-electron chi connectivity index (χ2n) is 5.09. The first-order valence-electron chi connectivity index (χ1n) is 7.08. The zero-order valence-electron chi connectivity index (χ0n) is 12.0. The van der Waals surface area contributed by atoms with E-state index in [0.717, 1.165) is 28.8 Å². The predicted octanol–water partition coefficient (Wildman–Crippen LogP) is 3.84. The summed E-state index contributed by atoms with van der Waals surface area (Å²) >= 11 is 0. The Morgan fingerprint density at radius 1 is 1.05 bits per heavy atom. The number of ether oxygens (including phenoxy) is 1. The van der Waals surface area contributed by atoms with E-state index >= 15 is 0 Å². The largest absolute Gasteiger partial charge is 0.457 e. The van der Waals surface area contributed by atoms with E-state index in [-0.39, 0.29) is 0 Å². The van der Waals surface area contributed by atoms with E-state index in [2.05, 4.69) is 18.0 Å². The molecule has 0 bridgehead atoms. The van der Waals surface area contributed by atoms with Crippen LogP contribution in [-0.4, -0.2) is 11.5 Å². The van der Waals surface area contributed by atoms with Crippen molar-refractivity contribution in [3.63, 3.8) is 0 Å². The molecule has 3 rings (SSSR count). The Kier molecular flexibility index (Phi) is 3.84. The highest BCUT2D eigenvalue weighted by molar-refractivity contribution is 5.79. The summed E-state index contributed by atoms with van der Waals surface area (Å²) in [6.07, 6.45) is 2.68. The fourth-order valence-corrected chi connectivity index (χ4v) is 2.41. The molecule has 0 unspecified atom stereocenters. The van der Waals surface area contributed by atoms with Gasteiger partial charge in [0.15, 0.2) is 0 Å². The molecule has 0 aliphatic carbocycles. The predicted molar refractivity (Wildman–Crippen MR) is 85.8 cm³/mol. The van der Waals surface area contributed by atoms with Crippen LogP contribution in [-0.2, 0) is 6.42 Å². The van der Waals surface area contributed by atoms with Crippen molar-refractivity contribution in [1.29, 1.82) is 0 Å². The van der Waals surface area contributed by atoms with Crippen LogP contribution >= 0.6 is 0 Å². The summed E-state index contributed by atoms with van der Waals surface area (Å²) in [6.45, 7) is 2.75. The molecule has 0 saturated heterocycles. The van der Waals surface area contributed by atoms with Gasteiger partial charge in [0.2, 0.25) is 0 Å². The number of rotatable bonds is 4. The van der Waals surface area contributed by atoms with E-state index in [1.54, 1.807) is 6.20 Å². The Labute approximate surface area is 124 Å². The van der Waals surface area contributed by atoms with Gasteiger partial charge >= 0.3 is 0 Å². The first-order chi connectivity index (χ1) is 10.3. The van der Waals surface area contributed by atoms with Crippen molar-refractivity contribution < 1.29 is 4.74 Å². The number of hydrogen-bond acceptors (Lipinski definition) is 3. The summed E-state index contributed by atoms with van der Waals surface area (Å²) in [5.74, 6) is 1.63. The molecule has 0 fully saturated rings. The lowest BCUT2D eigenvalue weighted by Crippen LogP contribution is -2.04. The normalized spacial score (nSPS) is 10.8. The molecule has 1 heterocycles. The molecule has 2 aromatic carbocycles. The Morgan fingerprint density at radius 3 is 2.67 bits per heavy atom. The van der Waals surface area contributed by atoms with Gasteiger partial charge < -0.3 is 10.5 Å². The number of benzene rings is 2. The molecule has 0 amide bonds. The van der Waals surface area contributed by atoms with Crippen LogP contribution in [0.1, 0.15) is 11.1 Å². The van der Waals surface area contributed by atoms with Gasteiger partial charge in [-0.25, -0.2) is 0 Å². The molecule has 0 saturated carbocycles. The summed E-state index contributed by atoms with van der Waals surface area (Å²) in [5, 5.41) is 1.11. The van der Waals surface area contributed by atoms with Crippen molar-refractivity contribution in [2.75, 3.05) is 6.54 Å². The Bertz CT molecular complexity index is 768. The Hall–Kier alpha value is -2.39. The van der Waals surface area contributed by atoms with Gasteiger partial charge in [-0.1, -0.05) is 12.1 Å². The van der Waals surface area contributed by atoms with Gasteiger partial charge in [0.1, 0.15) is 11.5 Å². The Balaban J connectivity index is 1.86. The van der Waals surface area contributed by atoms with Crippen molar-refractivity contribution >= 4 is 10.9 Å². The van der Waals surface area contributed by atoms with Gasteiger partial charge in [0.05, 0.1) is 5.52 Å². The first-order valence-corrected chi connectivity index (χ1v) is 7.08. The highest BCUT2D eigenvalue weighted by Crippen LogP contribution is 2.26. The van der Waals surface area contributed by atoms with Gasteiger partial charge in [-0.15, -0.1) is 0 Å². The van der Waals surface area contributed by atoms with Crippen LogP contribution < -0.4 is 10.5 Å². The minimum atomic E-state index is 0.664. The third-order valence-electron chi connectivity index (χ3n) is 3.54. The van der Waals surface area contributed by atoms with Crippen LogP contribution in [0.2, 0.25) is 0 Å². The lowest BCUT2D eigenvalue weighted by atomic mass is 10.1. The lowest BCUT2D eigenvalue weighted by molar-refractivity contribution is 0.482. The third-order valence-corrected chi connectivity index (χ3v) is 3.54. The number of pyridine rings is 1. The van der Waals surface area contributed by atoms with Crippen molar-refractivity contribution in [2.24, 2.45) is 5.73 Å². The summed E-state index contributed by atoms with van der Waals surface area (Å²) in [4.78, 5) is 4.35. The second-order valence-corrected chi connectivity index (χ2v) is 5.09. The minimum absolute atomic E-state index is 0.664.